The van der Waals surface area contributed by atoms with E-state index in [1.807, 2.05) is 6.92 Å². The Kier molecular flexibility index (Phi) is 6.42. The number of hydrogen-bond donors (Lipinski definition) is 1. The molecule has 0 spiro atoms. The van der Waals surface area contributed by atoms with E-state index in [0.717, 1.165) is 4.68 Å². The summed E-state index contributed by atoms with van der Waals surface area (Å²) in [6.07, 6.45) is 0.520. The summed E-state index contributed by atoms with van der Waals surface area (Å²) in [5.74, 6) is 0.519. The van der Waals surface area contributed by atoms with Crippen molar-refractivity contribution in [1.82, 2.24) is 9.78 Å². The Balaban J connectivity index is 2.16. The van der Waals surface area contributed by atoms with Crippen molar-refractivity contribution in [2.45, 2.75) is 26.5 Å². The number of benzene rings is 1. The van der Waals surface area contributed by atoms with Crippen LogP contribution >= 0.6 is 0 Å². The Hall–Kier alpha value is -3.23. The molecular formula is C17H18F2N4O3. The number of allylic oxidation sites excluding steroid dienone is 1. The van der Waals surface area contributed by atoms with E-state index in [2.05, 4.69) is 21.6 Å². The van der Waals surface area contributed by atoms with Gasteiger partial charge in [-0.25, -0.2) is 4.68 Å². The number of nitrogens with two attached hydrogens (primary N) is 1. The number of ether oxygens (including phenoxy) is 1. The number of aromatic nitrogens is 2. The molecular weight excluding hydrogens is 346 g/mol. The lowest BCUT2D eigenvalue weighted by Gasteiger charge is -2.09. The Morgan fingerprint density at radius 1 is 1.31 bits per heavy atom. The lowest BCUT2D eigenvalue weighted by Crippen LogP contribution is -2.23. The van der Waals surface area contributed by atoms with Gasteiger partial charge in [-0.2, -0.15) is 13.9 Å². The van der Waals surface area contributed by atoms with Gasteiger partial charge in [-0.15, -0.1) is 0 Å². The van der Waals surface area contributed by atoms with Crippen LogP contribution in [0.5, 0.6) is 5.75 Å². The minimum absolute atomic E-state index is 0.0141. The Morgan fingerprint density at radius 2 is 2.00 bits per heavy atom. The van der Waals surface area contributed by atoms with Crippen molar-refractivity contribution in [3.63, 3.8) is 0 Å². The largest absolute Gasteiger partial charge is 0.435 e. The number of hydrogen-bond acceptors (Lipinski definition) is 5. The zero-order valence-electron chi connectivity index (χ0n) is 14.1. The fraction of sp³-hybridized carbons (Fsp3) is 0.235. The van der Waals surface area contributed by atoms with Crippen LogP contribution in [0.25, 0.3) is 11.3 Å². The maximum absolute atomic E-state index is 12.2. The second-order valence-electron chi connectivity index (χ2n) is 5.18. The Bertz CT molecular complexity index is 848. The third-order valence-corrected chi connectivity index (χ3v) is 3.22. The van der Waals surface area contributed by atoms with E-state index in [9.17, 15) is 13.6 Å². The lowest BCUT2D eigenvalue weighted by atomic mass is 10.1. The van der Waals surface area contributed by atoms with Gasteiger partial charge in [0.2, 0.25) is 0 Å². The predicted octanol–water partition coefficient (Wildman–Crippen LogP) is 2.72. The molecule has 0 aliphatic rings. The van der Waals surface area contributed by atoms with Crippen LogP contribution in [0.4, 0.5) is 8.78 Å². The summed E-state index contributed by atoms with van der Waals surface area (Å²) >= 11 is 0. The monoisotopic (exact) mass is 364 g/mol. The predicted molar refractivity (Wildman–Crippen MR) is 92.7 cm³/mol. The molecule has 0 saturated carbocycles. The highest BCUT2D eigenvalue weighted by molar-refractivity contribution is 5.79. The highest BCUT2D eigenvalue weighted by atomic mass is 19.3. The lowest BCUT2D eigenvalue weighted by molar-refractivity contribution is -0.0498. The molecule has 2 rings (SSSR count). The van der Waals surface area contributed by atoms with Crippen molar-refractivity contribution in [2.24, 2.45) is 10.9 Å². The first-order chi connectivity index (χ1) is 12.4. The molecule has 0 unspecified atom stereocenters. The van der Waals surface area contributed by atoms with Gasteiger partial charge >= 0.3 is 6.61 Å². The molecule has 0 aliphatic heterocycles. The Morgan fingerprint density at radius 3 is 2.62 bits per heavy atom. The topological polar surface area (TPSA) is 91.7 Å². The molecule has 1 aromatic heterocycles. The molecule has 0 fully saturated rings. The average molecular weight is 364 g/mol. The number of oxime groups is 1. The normalized spacial score (nSPS) is 11.5. The van der Waals surface area contributed by atoms with Crippen molar-refractivity contribution in [3.8, 4) is 17.0 Å². The van der Waals surface area contributed by atoms with Crippen LogP contribution in [0.2, 0.25) is 0 Å². The van der Waals surface area contributed by atoms with Gasteiger partial charge in [0, 0.05) is 18.1 Å². The van der Waals surface area contributed by atoms with Crippen LogP contribution in [-0.4, -0.2) is 22.2 Å². The van der Waals surface area contributed by atoms with Crippen LogP contribution < -0.4 is 16.0 Å². The first-order valence-electron chi connectivity index (χ1n) is 7.69. The fourth-order valence-corrected chi connectivity index (χ4v) is 1.91. The molecule has 0 atom stereocenters. The number of alkyl halides is 2. The first kappa shape index (κ1) is 19.1. The number of rotatable bonds is 8. The van der Waals surface area contributed by atoms with Gasteiger partial charge in [-0.3, -0.25) is 4.79 Å². The van der Waals surface area contributed by atoms with Gasteiger partial charge in [0.1, 0.15) is 23.9 Å². The molecule has 138 valence electrons. The molecule has 2 aromatic rings. The van der Waals surface area contributed by atoms with Gasteiger partial charge in [0.15, 0.2) is 0 Å². The third-order valence-electron chi connectivity index (χ3n) is 3.22. The van der Waals surface area contributed by atoms with E-state index >= 15 is 0 Å². The number of amidine groups is 1. The molecule has 1 heterocycles. The first-order valence-corrected chi connectivity index (χ1v) is 7.69. The van der Waals surface area contributed by atoms with Crippen molar-refractivity contribution in [1.29, 1.82) is 0 Å². The van der Waals surface area contributed by atoms with E-state index < -0.39 is 6.61 Å². The van der Waals surface area contributed by atoms with Crippen molar-refractivity contribution in [3.05, 3.63) is 59.1 Å². The quantitative estimate of drug-likeness (QED) is 0.337. The number of nitrogens with zero attached hydrogens (tertiary/aromatic N) is 3. The molecule has 7 nitrogen and oxygen atoms in total. The summed E-state index contributed by atoms with van der Waals surface area (Å²) in [4.78, 5) is 17.0. The van der Waals surface area contributed by atoms with E-state index in [1.54, 1.807) is 12.1 Å². The highest BCUT2D eigenvalue weighted by Gasteiger charge is 2.08. The average Bonchev–Trinajstić information content (AvgIpc) is 2.61. The van der Waals surface area contributed by atoms with Crippen LogP contribution in [-0.2, 0) is 11.4 Å². The Labute approximate surface area is 148 Å². The summed E-state index contributed by atoms with van der Waals surface area (Å²) < 4.78 is 29.8. The SMILES string of the molecule is C=C(Cn1nc(-c2ccc(OC(F)F)cc2)ccc1=O)O/N=C(\N)CC. The molecule has 26 heavy (non-hydrogen) atoms. The van der Waals surface area contributed by atoms with E-state index in [-0.39, 0.29) is 23.6 Å². The van der Waals surface area contributed by atoms with Crippen LogP contribution in [0.1, 0.15) is 13.3 Å². The van der Waals surface area contributed by atoms with Crippen molar-refractivity contribution in [2.75, 3.05) is 0 Å². The van der Waals surface area contributed by atoms with Crippen LogP contribution in [0, 0.1) is 0 Å². The molecule has 0 radical (unpaired) electrons. The maximum atomic E-state index is 12.2. The molecule has 0 saturated heterocycles. The van der Waals surface area contributed by atoms with E-state index in [0.29, 0.717) is 23.5 Å². The standard InChI is InChI=1S/C17H18F2N4O3/c1-3-15(20)22-26-11(2)10-23-16(24)9-8-14(21-23)12-4-6-13(7-5-12)25-17(18)19/h4-9,17H,2-3,10H2,1H3,(H2,20,22). The molecule has 2 N–H and O–H groups in total. The summed E-state index contributed by atoms with van der Waals surface area (Å²) in [6, 6.07) is 8.77. The highest BCUT2D eigenvalue weighted by Crippen LogP contribution is 2.21. The van der Waals surface area contributed by atoms with Gasteiger partial charge < -0.3 is 15.3 Å². The zero-order chi connectivity index (χ0) is 19.1. The minimum Gasteiger partial charge on any atom is -0.435 e. The van der Waals surface area contributed by atoms with Crippen LogP contribution in [0.15, 0.2) is 58.7 Å². The number of halogens is 2. The summed E-state index contributed by atoms with van der Waals surface area (Å²) in [7, 11) is 0. The van der Waals surface area contributed by atoms with Gasteiger partial charge in [0.25, 0.3) is 5.56 Å². The molecule has 0 amide bonds. The molecule has 0 aliphatic carbocycles. The molecule has 0 bridgehead atoms. The van der Waals surface area contributed by atoms with Gasteiger partial charge in [0.05, 0.1) is 5.69 Å². The van der Waals surface area contributed by atoms with Crippen molar-refractivity contribution >= 4 is 5.84 Å². The summed E-state index contributed by atoms with van der Waals surface area (Å²) in [5, 5.41) is 7.87. The van der Waals surface area contributed by atoms with Crippen molar-refractivity contribution < 1.29 is 18.4 Å². The van der Waals surface area contributed by atoms with Crippen LogP contribution in [0.3, 0.4) is 0 Å². The second-order valence-corrected chi connectivity index (χ2v) is 5.18. The zero-order valence-corrected chi connectivity index (χ0v) is 14.1. The minimum atomic E-state index is -2.89. The second kappa shape index (κ2) is 8.75. The summed E-state index contributed by atoms with van der Waals surface area (Å²) in [6.45, 7) is 2.58. The molecule has 1 aromatic carbocycles. The van der Waals surface area contributed by atoms with Gasteiger partial charge in [-0.05, 0) is 30.3 Å². The molecule has 9 heteroatoms. The third kappa shape index (κ3) is 5.40. The maximum Gasteiger partial charge on any atom is 0.387 e. The van der Waals surface area contributed by atoms with E-state index in [4.69, 9.17) is 10.6 Å². The fourth-order valence-electron chi connectivity index (χ4n) is 1.91. The smallest absolute Gasteiger partial charge is 0.387 e. The van der Waals surface area contributed by atoms with E-state index in [1.165, 1.54) is 24.3 Å². The van der Waals surface area contributed by atoms with Gasteiger partial charge in [-0.1, -0.05) is 18.7 Å². The summed E-state index contributed by atoms with van der Waals surface area (Å²) in [5.41, 5.74) is 6.27.